The zero-order valence-corrected chi connectivity index (χ0v) is 17.5. The minimum absolute atomic E-state index is 0.158. The maximum Gasteiger partial charge on any atom is 0.123 e. The minimum Gasteiger partial charge on any atom is -0.306 e. The third-order valence-electron chi connectivity index (χ3n) is 6.19. The van der Waals surface area contributed by atoms with Gasteiger partial charge in [0.25, 0.3) is 0 Å². The quantitative estimate of drug-likeness (QED) is 0.512. The van der Waals surface area contributed by atoms with Crippen LogP contribution < -0.4 is 5.32 Å². The number of halogens is 1. The summed E-state index contributed by atoms with van der Waals surface area (Å²) in [6, 6.07) is 28.6. The fourth-order valence-corrected chi connectivity index (χ4v) is 4.43. The normalized spacial score (nSPS) is 15.5. The van der Waals surface area contributed by atoms with Crippen LogP contribution in [0.5, 0.6) is 0 Å². The summed E-state index contributed by atoms with van der Waals surface area (Å²) in [7, 11) is 0. The predicted molar refractivity (Wildman–Crippen MR) is 122 cm³/mol. The van der Waals surface area contributed by atoms with Crippen molar-refractivity contribution in [3.63, 3.8) is 0 Å². The van der Waals surface area contributed by atoms with E-state index < -0.39 is 0 Å². The maximum atomic E-state index is 13.1. The van der Waals surface area contributed by atoms with Gasteiger partial charge in [0.1, 0.15) is 5.82 Å². The van der Waals surface area contributed by atoms with Crippen LogP contribution in [0.25, 0.3) is 0 Å². The van der Waals surface area contributed by atoms with Crippen LogP contribution in [-0.2, 0) is 6.54 Å². The molecule has 0 aromatic heterocycles. The molecule has 30 heavy (non-hydrogen) atoms. The highest BCUT2D eigenvalue weighted by molar-refractivity contribution is 5.31. The lowest BCUT2D eigenvalue weighted by molar-refractivity contribution is 0.171. The Labute approximate surface area is 179 Å². The van der Waals surface area contributed by atoms with Gasteiger partial charge in [0.2, 0.25) is 0 Å². The molecular formula is C27H31FN2. The van der Waals surface area contributed by atoms with Gasteiger partial charge >= 0.3 is 0 Å². The molecule has 2 nitrogen and oxygen atoms in total. The number of nitrogens with one attached hydrogen (secondary N) is 1. The topological polar surface area (TPSA) is 15.3 Å². The van der Waals surface area contributed by atoms with Crippen molar-refractivity contribution in [2.75, 3.05) is 19.6 Å². The van der Waals surface area contributed by atoms with Gasteiger partial charge in [-0.25, -0.2) is 4.39 Å². The smallest absolute Gasteiger partial charge is 0.123 e. The van der Waals surface area contributed by atoms with E-state index in [0.717, 1.165) is 32.1 Å². The molecule has 0 spiro atoms. The van der Waals surface area contributed by atoms with Crippen LogP contribution in [0.4, 0.5) is 4.39 Å². The van der Waals surface area contributed by atoms with Crippen LogP contribution in [0.1, 0.15) is 42.0 Å². The van der Waals surface area contributed by atoms with Gasteiger partial charge in [0.05, 0.1) is 6.04 Å². The Hall–Kier alpha value is -2.49. The first-order chi connectivity index (χ1) is 14.8. The summed E-state index contributed by atoms with van der Waals surface area (Å²) >= 11 is 0. The molecule has 1 aliphatic heterocycles. The average Bonchev–Trinajstić information content (AvgIpc) is 2.80. The molecule has 1 N–H and O–H groups in total. The van der Waals surface area contributed by atoms with Gasteiger partial charge in [0.15, 0.2) is 0 Å². The monoisotopic (exact) mass is 402 g/mol. The fraction of sp³-hybridized carbons (Fsp3) is 0.333. The summed E-state index contributed by atoms with van der Waals surface area (Å²) in [6.07, 6.45) is 3.69. The Morgan fingerprint density at radius 1 is 0.800 bits per heavy atom. The third kappa shape index (κ3) is 5.78. The van der Waals surface area contributed by atoms with Crippen LogP contribution in [0.15, 0.2) is 84.9 Å². The number of piperidine rings is 1. The standard InChI is InChI=1S/C27H31FN2/c28-26-13-11-23(12-14-26)21-30-19-16-22(17-20-30)15-18-29-27(24-7-3-1-4-8-24)25-9-5-2-6-10-25/h1-14,22,27,29H,15-21H2. The number of benzene rings is 3. The minimum atomic E-state index is -0.158. The Kier molecular flexibility index (Phi) is 7.28. The zero-order valence-electron chi connectivity index (χ0n) is 17.5. The largest absolute Gasteiger partial charge is 0.306 e. The third-order valence-corrected chi connectivity index (χ3v) is 6.19. The molecule has 0 bridgehead atoms. The SMILES string of the molecule is Fc1ccc(CN2CCC(CCNC(c3ccccc3)c3ccccc3)CC2)cc1. The van der Waals surface area contributed by atoms with E-state index >= 15 is 0 Å². The van der Waals surface area contributed by atoms with Crippen molar-refractivity contribution in [1.29, 1.82) is 0 Å². The van der Waals surface area contributed by atoms with E-state index in [0.29, 0.717) is 0 Å². The highest BCUT2D eigenvalue weighted by Gasteiger charge is 2.20. The highest BCUT2D eigenvalue weighted by atomic mass is 19.1. The molecule has 156 valence electrons. The van der Waals surface area contributed by atoms with Crippen molar-refractivity contribution in [3.8, 4) is 0 Å². The first-order valence-electron chi connectivity index (χ1n) is 11.1. The Bertz CT molecular complexity index is 832. The molecule has 4 rings (SSSR count). The van der Waals surface area contributed by atoms with E-state index in [9.17, 15) is 4.39 Å². The summed E-state index contributed by atoms with van der Waals surface area (Å²) < 4.78 is 13.1. The van der Waals surface area contributed by atoms with Crippen LogP contribution >= 0.6 is 0 Å². The predicted octanol–water partition coefficient (Wildman–Crippen LogP) is 5.81. The summed E-state index contributed by atoms with van der Waals surface area (Å²) in [5, 5.41) is 3.81. The summed E-state index contributed by atoms with van der Waals surface area (Å²) in [5.74, 6) is 0.614. The summed E-state index contributed by atoms with van der Waals surface area (Å²) in [6.45, 7) is 4.21. The number of rotatable bonds is 8. The Morgan fingerprint density at radius 3 is 1.93 bits per heavy atom. The second-order valence-electron chi connectivity index (χ2n) is 8.34. The second kappa shape index (κ2) is 10.5. The number of nitrogens with zero attached hydrogens (tertiary/aromatic N) is 1. The van der Waals surface area contributed by atoms with E-state index in [1.807, 2.05) is 12.1 Å². The van der Waals surface area contributed by atoms with E-state index in [1.165, 1.54) is 36.0 Å². The maximum absolute atomic E-state index is 13.1. The van der Waals surface area contributed by atoms with Gasteiger partial charge in [-0.1, -0.05) is 72.8 Å². The van der Waals surface area contributed by atoms with Gasteiger partial charge in [-0.05, 0) is 73.6 Å². The Balaban J connectivity index is 1.26. The van der Waals surface area contributed by atoms with Gasteiger partial charge in [0, 0.05) is 6.54 Å². The van der Waals surface area contributed by atoms with Crippen LogP contribution in [0.2, 0.25) is 0 Å². The first-order valence-corrected chi connectivity index (χ1v) is 11.1. The fourth-order valence-electron chi connectivity index (χ4n) is 4.43. The van der Waals surface area contributed by atoms with Crippen molar-refractivity contribution in [2.45, 2.75) is 31.8 Å². The molecular weight excluding hydrogens is 371 g/mol. The highest BCUT2D eigenvalue weighted by Crippen LogP contribution is 2.24. The number of hydrogen-bond donors (Lipinski definition) is 1. The van der Waals surface area contributed by atoms with Crippen LogP contribution in [0, 0.1) is 11.7 Å². The summed E-state index contributed by atoms with van der Waals surface area (Å²) in [4.78, 5) is 2.49. The van der Waals surface area contributed by atoms with E-state index in [1.54, 1.807) is 12.1 Å². The number of likely N-dealkylation sites (tertiary alicyclic amines) is 1. The van der Waals surface area contributed by atoms with Crippen molar-refractivity contribution in [1.82, 2.24) is 10.2 Å². The molecule has 0 radical (unpaired) electrons. The van der Waals surface area contributed by atoms with Gasteiger partial charge < -0.3 is 5.32 Å². The molecule has 1 heterocycles. The number of hydrogen-bond acceptors (Lipinski definition) is 2. The van der Waals surface area contributed by atoms with E-state index in [2.05, 4.69) is 70.9 Å². The van der Waals surface area contributed by atoms with Crippen molar-refractivity contribution < 1.29 is 4.39 Å². The molecule has 3 heteroatoms. The van der Waals surface area contributed by atoms with Crippen LogP contribution in [-0.4, -0.2) is 24.5 Å². The Morgan fingerprint density at radius 2 is 1.37 bits per heavy atom. The van der Waals surface area contributed by atoms with Gasteiger partial charge in [-0.15, -0.1) is 0 Å². The van der Waals surface area contributed by atoms with Gasteiger partial charge in [-0.3, -0.25) is 4.90 Å². The molecule has 0 saturated carbocycles. The molecule has 0 amide bonds. The molecule has 3 aromatic carbocycles. The van der Waals surface area contributed by atoms with E-state index in [4.69, 9.17) is 0 Å². The average molecular weight is 403 g/mol. The van der Waals surface area contributed by atoms with Crippen molar-refractivity contribution in [3.05, 3.63) is 107 Å². The molecule has 0 unspecified atom stereocenters. The second-order valence-corrected chi connectivity index (χ2v) is 8.34. The van der Waals surface area contributed by atoms with Crippen molar-refractivity contribution >= 4 is 0 Å². The van der Waals surface area contributed by atoms with Gasteiger partial charge in [-0.2, -0.15) is 0 Å². The lowest BCUT2D eigenvalue weighted by Gasteiger charge is -2.32. The lowest BCUT2D eigenvalue weighted by Crippen LogP contribution is -2.34. The molecule has 0 aliphatic carbocycles. The summed E-state index contributed by atoms with van der Waals surface area (Å²) in [5.41, 5.74) is 3.83. The molecule has 1 aliphatic rings. The molecule has 1 fully saturated rings. The molecule has 1 saturated heterocycles. The zero-order chi connectivity index (χ0) is 20.6. The lowest BCUT2D eigenvalue weighted by atomic mass is 9.92. The van der Waals surface area contributed by atoms with Crippen molar-refractivity contribution in [2.24, 2.45) is 5.92 Å². The van der Waals surface area contributed by atoms with Crippen LogP contribution in [0.3, 0.4) is 0 Å². The molecule has 3 aromatic rings. The van der Waals surface area contributed by atoms with E-state index in [-0.39, 0.29) is 11.9 Å². The first kappa shape index (κ1) is 20.8. The molecule has 0 atom stereocenters.